The Hall–Kier alpha value is -1.58. The van der Waals surface area contributed by atoms with Crippen molar-refractivity contribution >= 4 is 27.8 Å². The van der Waals surface area contributed by atoms with Crippen molar-refractivity contribution in [3.63, 3.8) is 0 Å². The number of rotatable bonds is 3. The van der Waals surface area contributed by atoms with Crippen LogP contribution in [-0.4, -0.2) is 43.9 Å². The third-order valence-electron chi connectivity index (χ3n) is 3.58. The Kier molecular flexibility index (Phi) is 4.31. The monoisotopic (exact) mass is 292 g/mol. The molecule has 0 amide bonds. The maximum absolute atomic E-state index is 12.2. The van der Waals surface area contributed by atoms with Crippen molar-refractivity contribution in [3.05, 3.63) is 10.4 Å². The lowest BCUT2D eigenvalue weighted by molar-refractivity contribution is 0.0944. The summed E-state index contributed by atoms with van der Waals surface area (Å²) < 4.78 is 0. The molecule has 108 valence electrons. The van der Waals surface area contributed by atoms with Crippen LogP contribution in [0.2, 0.25) is 0 Å². The van der Waals surface area contributed by atoms with E-state index in [4.69, 9.17) is 5.73 Å². The highest BCUT2D eigenvalue weighted by atomic mass is 32.1. The predicted octanol–water partition coefficient (Wildman–Crippen LogP) is 1.79. The van der Waals surface area contributed by atoms with Gasteiger partial charge < -0.3 is 15.5 Å². The number of carbonyl (C=O) groups is 1. The number of anilines is 2. The van der Waals surface area contributed by atoms with Gasteiger partial charge in [-0.3, -0.25) is 4.79 Å². The number of ketones is 1. The molecule has 0 spiro atoms. The molecule has 0 atom stereocenters. The lowest BCUT2D eigenvalue weighted by Gasteiger charge is -2.33. The molecule has 0 aliphatic carbocycles. The molecule has 1 aromatic rings. The number of nitrogen functional groups attached to an aromatic ring is 1. The van der Waals surface area contributed by atoms with Gasteiger partial charge in [-0.15, -0.1) is 11.3 Å². The average molecular weight is 292 g/mol. The molecule has 0 unspecified atom stereocenters. The first kappa shape index (κ1) is 14.8. The number of hydrogen-bond acceptors (Lipinski definition) is 6. The van der Waals surface area contributed by atoms with Crippen LogP contribution >= 0.6 is 11.3 Å². The Bertz CT molecular complexity index is 550. The van der Waals surface area contributed by atoms with Crippen molar-refractivity contribution in [2.45, 2.75) is 13.8 Å². The fourth-order valence-electron chi connectivity index (χ4n) is 2.22. The van der Waals surface area contributed by atoms with Crippen LogP contribution in [0.25, 0.3) is 0 Å². The molecule has 2 heterocycles. The van der Waals surface area contributed by atoms with Crippen LogP contribution in [0, 0.1) is 17.2 Å². The van der Waals surface area contributed by atoms with Gasteiger partial charge in [-0.1, -0.05) is 13.8 Å². The van der Waals surface area contributed by atoms with Crippen LogP contribution in [0.15, 0.2) is 0 Å². The molecule has 0 bridgehead atoms. The summed E-state index contributed by atoms with van der Waals surface area (Å²) in [6, 6.07) is 2.16. The molecule has 1 fully saturated rings. The van der Waals surface area contributed by atoms with Gasteiger partial charge in [0, 0.05) is 32.1 Å². The maximum atomic E-state index is 12.2. The Morgan fingerprint density at radius 1 is 1.35 bits per heavy atom. The zero-order valence-electron chi connectivity index (χ0n) is 12.1. The zero-order chi connectivity index (χ0) is 14.9. The molecule has 1 aromatic heterocycles. The SMILES string of the molecule is CC(C)C(=O)c1sc(N2CCN(C)CC2)c(C#N)c1N. The number of Topliss-reactive ketones (excluding diaryl/α,β-unsaturated/α-hetero) is 1. The summed E-state index contributed by atoms with van der Waals surface area (Å²) in [4.78, 5) is 17.1. The minimum atomic E-state index is -0.108. The molecule has 0 aromatic carbocycles. The van der Waals surface area contributed by atoms with Gasteiger partial charge in [0.2, 0.25) is 0 Å². The van der Waals surface area contributed by atoms with Crippen LogP contribution < -0.4 is 10.6 Å². The Labute approximate surface area is 123 Å². The molecule has 5 nitrogen and oxygen atoms in total. The second-order valence-corrected chi connectivity index (χ2v) is 6.45. The summed E-state index contributed by atoms with van der Waals surface area (Å²) >= 11 is 1.37. The van der Waals surface area contributed by atoms with Crippen molar-refractivity contribution in [2.24, 2.45) is 5.92 Å². The first-order valence-electron chi connectivity index (χ1n) is 6.75. The quantitative estimate of drug-likeness (QED) is 0.860. The first-order chi connectivity index (χ1) is 9.45. The number of hydrogen-bond donors (Lipinski definition) is 1. The third kappa shape index (κ3) is 2.65. The highest BCUT2D eigenvalue weighted by Crippen LogP contribution is 2.39. The van der Waals surface area contributed by atoms with Crippen molar-refractivity contribution in [3.8, 4) is 6.07 Å². The van der Waals surface area contributed by atoms with Gasteiger partial charge in [-0.25, -0.2) is 0 Å². The van der Waals surface area contributed by atoms with Gasteiger partial charge in [0.05, 0.1) is 10.6 Å². The topological polar surface area (TPSA) is 73.4 Å². The molecule has 1 aliphatic rings. The summed E-state index contributed by atoms with van der Waals surface area (Å²) in [5, 5.41) is 10.2. The van der Waals surface area contributed by atoms with Crippen LogP contribution in [-0.2, 0) is 0 Å². The third-order valence-corrected chi connectivity index (χ3v) is 4.86. The fourth-order valence-corrected chi connectivity index (χ4v) is 3.53. The van der Waals surface area contributed by atoms with Crippen LogP contribution in [0.4, 0.5) is 10.7 Å². The minimum absolute atomic E-state index is 0.0179. The van der Waals surface area contributed by atoms with E-state index in [0.29, 0.717) is 16.1 Å². The molecule has 20 heavy (non-hydrogen) atoms. The number of carbonyl (C=O) groups excluding carboxylic acids is 1. The van der Waals surface area contributed by atoms with Crippen LogP contribution in [0.1, 0.15) is 29.1 Å². The van der Waals surface area contributed by atoms with E-state index in [1.54, 1.807) is 0 Å². The highest BCUT2D eigenvalue weighted by Gasteiger charge is 2.26. The summed E-state index contributed by atoms with van der Waals surface area (Å²) in [5.74, 6) is -0.0905. The van der Waals surface area contributed by atoms with Gasteiger partial charge in [-0.2, -0.15) is 5.26 Å². The Balaban J connectivity index is 2.37. The van der Waals surface area contributed by atoms with E-state index in [0.717, 1.165) is 31.2 Å². The number of nitrogens with two attached hydrogens (primary N) is 1. The summed E-state index contributed by atoms with van der Waals surface area (Å²) in [7, 11) is 2.08. The smallest absolute Gasteiger partial charge is 0.177 e. The summed E-state index contributed by atoms with van der Waals surface area (Å²) in [6.07, 6.45) is 0. The number of thiophene rings is 1. The van der Waals surface area contributed by atoms with Gasteiger partial charge in [0.25, 0.3) is 0 Å². The molecule has 1 aliphatic heterocycles. The Morgan fingerprint density at radius 2 is 1.95 bits per heavy atom. The van der Waals surface area contributed by atoms with E-state index in [-0.39, 0.29) is 11.7 Å². The van der Waals surface area contributed by atoms with Crippen molar-refractivity contribution in [1.29, 1.82) is 5.26 Å². The van der Waals surface area contributed by atoms with Crippen LogP contribution in [0.5, 0.6) is 0 Å². The summed E-state index contributed by atoms with van der Waals surface area (Å²) in [6.45, 7) is 7.33. The van der Waals surface area contributed by atoms with Crippen LogP contribution in [0.3, 0.4) is 0 Å². The summed E-state index contributed by atoms with van der Waals surface area (Å²) in [5.41, 5.74) is 6.83. The normalized spacial score (nSPS) is 16.4. The number of nitrogens with zero attached hydrogens (tertiary/aromatic N) is 3. The number of piperazine rings is 1. The molecule has 0 radical (unpaired) electrons. The second kappa shape index (κ2) is 5.81. The molecule has 6 heteroatoms. The molecular formula is C14H20N4OS. The van der Waals surface area contributed by atoms with E-state index in [9.17, 15) is 10.1 Å². The molecule has 2 N–H and O–H groups in total. The highest BCUT2D eigenvalue weighted by molar-refractivity contribution is 7.19. The van der Waals surface area contributed by atoms with E-state index >= 15 is 0 Å². The van der Waals surface area contributed by atoms with Gasteiger partial charge >= 0.3 is 0 Å². The molecular weight excluding hydrogens is 272 g/mol. The van der Waals surface area contributed by atoms with Crippen molar-refractivity contribution in [2.75, 3.05) is 43.9 Å². The predicted molar refractivity (Wildman–Crippen MR) is 82.3 cm³/mol. The minimum Gasteiger partial charge on any atom is -0.396 e. The second-order valence-electron chi connectivity index (χ2n) is 5.45. The van der Waals surface area contributed by atoms with E-state index < -0.39 is 0 Å². The standard InChI is InChI=1S/C14H20N4OS/c1-9(2)12(19)13-11(16)10(8-15)14(20-13)18-6-4-17(3)5-7-18/h9H,4-7,16H2,1-3H3. The van der Waals surface area contributed by atoms with E-state index in [1.165, 1.54) is 11.3 Å². The van der Waals surface area contributed by atoms with E-state index in [1.807, 2.05) is 13.8 Å². The molecule has 2 rings (SSSR count). The van der Waals surface area contributed by atoms with Gasteiger partial charge in [-0.05, 0) is 7.05 Å². The van der Waals surface area contributed by atoms with Crippen molar-refractivity contribution < 1.29 is 4.79 Å². The fraction of sp³-hybridized carbons (Fsp3) is 0.571. The lowest BCUT2D eigenvalue weighted by Crippen LogP contribution is -2.44. The number of likely N-dealkylation sites (N-methyl/N-ethyl adjacent to an activating group) is 1. The zero-order valence-corrected chi connectivity index (χ0v) is 13.0. The number of nitriles is 1. The van der Waals surface area contributed by atoms with Gasteiger partial charge in [0.15, 0.2) is 5.78 Å². The molecule has 1 saturated heterocycles. The lowest BCUT2D eigenvalue weighted by atomic mass is 10.1. The largest absolute Gasteiger partial charge is 0.396 e. The average Bonchev–Trinajstić information content (AvgIpc) is 2.75. The Morgan fingerprint density at radius 3 is 2.45 bits per heavy atom. The van der Waals surface area contributed by atoms with E-state index in [2.05, 4.69) is 22.9 Å². The first-order valence-corrected chi connectivity index (χ1v) is 7.57. The molecule has 0 saturated carbocycles. The van der Waals surface area contributed by atoms with Crippen molar-refractivity contribution in [1.82, 2.24) is 4.90 Å². The maximum Gasteiger partial charge on any atom is 0.177 e. The van der Waals surface area contributed by atoms with Gasteiger partial charge in [0.1, 0.15) is 16.6 Å².